The van der Waals surface area contributed by atoms with E-state index in [4.69, 9.17) is 4.74 Å². The molecule has 1 amide bonds. The van der Waals surface area contributed by atoms with Crippen molar-refractivity contribution in [1.29, 1.82) is 0 Å². The minimum Gasteiger partial charge on any atom is -0.469 e. The molecular weight excluding hydrogens is 266 g/mol. The summed E-state index contributed by atoms with van der Waals surface area (Å²) in [5, 5.41) is 0. The first-order chi connectivity index (χ1) is 9.98. The van der Waals surface area contributed by atoms with Crippen LogP contribution in [-0.4, -0.2) is 37.0 Å². The molecule has 0 atom stereocenters. The highest BCUT2D eigenvalue weighted by Gasteiger charge is 2.44. The molecule has 0 bridgehead atoms. The van der Waals surface area contributed by atoms with Crippen LogP contribution in [0.3, 0.4) is 0 Å². The van der Waals surface area contributed by atoms with Crippen molar-refractivity contribution in [2.75, 3.05) is 20.2 Å². The van der Waals surface area contributed by atoms with Crippen LogP contribution in [-0.2, 0) is 14.3 Å². The molecule has 21 heavy (non-hydrogen) atoms. The Labute approximate surface area is 128 Å². The quantitative estimate of drug-likeness (QED) is 0.749. The Hall–Kier alpha value is -1.06. The maximum Gasteiger partial charge on any atom is 0.308 e. The monoisotopic (exact) mass is 295 g/mol. The van der Waals surface area contributed by atoms with Crippen LogP contribution in [0.4, 0.5) is 0 Å². The fourth-order valence-electron chi connectivity index (χ4n) is 4.16. The molecule has 0 radical (unpaired) electrons. The minimum absolute atomic E-state index is 0.0244. The van der Waals surface area contributed by atoms with Crippen LogP contribution < -0.4 is 0 Å². The number of amides is 1. The molecule has 1 saturated carbocycles. The SMILES string of the molecule is COC(=O)C1CCN(C(=O)C2(CC(C)C)CCCC2)CC1. The number of methoxy groups -OCH3 is 1. The van der Waals surface area contributed by atoms with E-state index in [1.807, 2.05) is 4.90 Å². The molecular formula is C17H29NO3. The van der Waals surface area contributed by atoms with Gasteiger partial charge in [0.2, 0.25) is 5.91 Å². The Kier molecular flexibility index (Phi) is 5.28. The molecule has 120 valence electrons. The van der Waals surface area contributed by atoms with Gasteiger partial charge < -0.3 is 9.64 Å². The molecule has 2 fully saturated rings. The van der Waals surface area contributed by atoms with Crippen molar-refractivity contribution in [2.24, 2.45) is 17.3 Å². The van der Waals surface area contributed by atoms with Crippen molar-refractivity contribution in [2.45, 2.75) is 58.8 Å². The second-order valence-corrected chi connectivity index (χ2v) is 7.18. The van der Waals surface area contributed by atoms with E-state index in [-0.39, 0.29) is 17.3 Å². The standard InChI is InChI=1S/C17H29NO3/c1-13(2)12-17(8-4-5-9-17)16(20)18-10-6-14(7-11-18)15(19)21-3/h13-14H,4-12H2,1-3H3. The summed E-state index contributed by atoms with van der Waals surface area (Å²) in [6, 6.07) is 0. The van der Waals surface area contributed by atoms with Crippen LogP contribution in [0.1, 0.15) is 58.8 Å². The molecule has 0 aromatic rings. The molecule has 2 aliphatic rings. The van der Waals surface area contributed by atoms with E-state index in [1.165, 1.54) is 20.0 Å². The van der Waals surface area contributed by atoms with Crippen molar-refractivity contribution in [3.05, 3.63) is 0 Å². The van der Waals surface area contributed by atoms with Crippen molar-refractivity contribution in [3.8, 4) is 0 Å². The number of ether oxygens (including phenoxy) is 1. The molecule has 1 aliphatic heterocycles. The number of hydrogen-bond acceptors (Lipinski definition) is 3. The van der Waals surface area contributed by atoms with Gasteiger partial charge in [-0.05, 0) is 38.0 Å². The van der Waals surface area contributed by atoms with Crippen LogP contribution in [0, 0.1) is 17.3 Å². The van der Waals surface area contributed by atoms with E-state index >= 15 is 0 Å². The largest absolute Gasteiger partial charge is 0.469 e. The lowest BCUT2D eigenvalue weighted by atomic mass is 9.77. The van der Waals surface area contributed by atoms with Crippen LogP contribution >= 0.6 is 0 Å². The van der Waals surface area contributed by atoms with Crippen LogP contribution in [0.5, 0.6) is 0 Å². The summed E-state index contributed by atoms with van der Waals surface area (Å²) in [5.74, 6) is 0.750. The highest BCUT2D eigenvalue weighted by Crippen LogP contribution is 2.45. The van der Waals surface area contributed by atoms with E-state index in [1.54, 1.807) is 0 Å². The molecule has 0 N–H and O–H groups in total. The smallest absolute Gasteiger partial charge is 0.308 e. The Morgan fingerprint density at radius 2 is 1.76 bits per heavy atom. The normalized spacial score (nSPS) is 22.6. The van der Waals surface area contributed by atoms with Gasteiger partial charge in [0.1, 0.15) is 0 Å². The molecule has 4 nitrogen and oxygen atoms in total. The lowest BCUT2D eigenvalue weighted by Crippen LogP contribution is -2.47. The number of carbonyl (C=O) groups excluding carboxylic acids is 2. The first-order valence-corrected chi connectivity index (χ1v) is 8.36. The molecule has 4 heteroatoms. The van der Waals surface area contributed by atoms with Gasteiger partial charge in [-0.25, -0.2) is 0 Å². The maximum absolute atomic E-state index is 13.0. The number of hydrogen-bond donors (Lipinski definition) is 0. The Morgan fingerprint density at radius 3 is 2.24 bits per heavy atom. The second kappa shape index (κ2) is 6.80. The van der Waals surface area contributed by atoms with Crippen molar-refractivity contribution >= 4 is 11.9 Å². The average molecular weight is 295 g/mol. The van der Waals surface area contributed by atoms with Gasteiger partial charge in [0.25, 0.3) is 0 Å². The van der Waals surface area contributed by atoms with E-state index in [0.717, 1.165) is 32.1 Å². The van der Waals surface area contributed by atoms with Crippen molar-refractivity contribution < 1.29 is 14.3 Å². The predicted octanol–water partition coefficient (Wildman–Crippen LogP) is 3.00. The number of nitrogens with zero attached hydrogens (tertiary/aromatic N) is 1. The zero-order valence-corrected chi connectivity index (χ0v) is 13.7. The van der Waals surface area contributed by atoms with Gasteiger partial charge >= 0.3 is 5.97 Å². The van der Waals surface area contributed by atoms with E-state index in [2.05, 4.69) is 13.8 Å². The molecule has 0 unspecified atom stereocenters. The lowest BCUT2D eigenvalue weighted by molar-refractivity contribution is -0.151. The van der Waals surface area contributed by atoms with Gasteiger partial charge in [-0.3, -0.25) is 9.59 Å². The molecule has 1 aliphatic carbocycles. The molecule has 1 saturated heterocycles. The summed E-state index contributed by atoms with van der Waals surface area (Å²) in [6.45, 7) is 5.82. The van der Waals surface area contributed by atoms with Crippen LogP contribution in [0.25, 0.3) is 0 Å². The van der Waals surface area contributed by atoms with Crippen LogP contribution in [0.2, 0.25) is 0 Å². The minimum atomic E-state index is -0.125. The highest BCUT2D eigenvalue weighted by atomic mass is 16.5. The molecule has 0 aromatic heterocycles. The van der Waals surface area contributed by atoms with Gasteiger partial charge in [0.15, 0.2) is 0 Å². The first kappa shape index (κ1) is 16.3. The third-order valence-electron chi connectivity index (χ3n) is 5.13. The number of rotatable bonds is 4. The van der Waals surface area contributed by atoms with E-state index in [0.29, 0.717) is 24.9 Å². The third-order valence-corrected chi connectivity index (χ3v) is 5.13. The van der Waals surface area contributed by atoms with Gasteiger partial charge in [-0.15, -0.1) is 0 Å². The van der Waals surface area contributed by atoms with Crippen molar-refractivity contribution in [3.63, 3.8) is 0 Å². The fourth-order valence-corrected chi connectivity index (χ4v) is 4.16. The second-order valence-electron chi connectivity index (χ2n) is 7.18. The summed E-state index contributed by atoms with van der Waals surface area (Å²) in [7, 11) is 1.44. The topological polar surface area (TPSA) is 46.6 Å². The van der Waals surface area contributed by atoms with Gasteiger partial charge in [0.05, 0.1) is 13.0 Å². The maximum atomic E-state index is 13.0. The molecule has 0 spiro atoms. The predicted molar refractivity (Wildman–Crippen MR) is 81.7 cm³/mol. The Bertz CT molecular complexity index is 377. The summed E-state index contributed by atoms with van der Waals surface area (Å²) in [5.41, 5.74) is -0.119. The first-order valence-electron chi connectivity index (χ1n) is 8.36. The number of carbonyl (C=O) groups is 2. The van der Waals surface area contributed by atoms with Gasteiger partial charge in [-0.2, -0.15) is 0 Å². The average Bonchev–Trinajstić information content (AvgIpc) is 2.94. The van der Waals surface area contributed by atoms with Gasteiger partial charge in [0, 0.05) is 18.5 Å². The highest BCUT2D eigenvalue weighted by molar-refractivity contribution is 5.83. The Balaban J connectivity index is 1.98. The molecule has 2 rings (SSSR count). The van der Waals surface area contributed by atoms with E-state index in [9.17, 15) is 9.59 Å². The molecule has 0 aromatic carbocycles. The van der Waals surface area contributed by atoms with Crippen LogP contribution in [0.15, 0.2) is 0 Å². The van der Waals surface area contributed by atoms with Gasteiger partial charge in [-0.1, -0.05) is 26.7 Å². The summed E-state index contributed by atoms with van der Waals surface area (Å²) in [4.78, 5) is 26.6. The van der Waals surface area contributed by atoms with E-state index < -0.39 is 0 Å². The molecule has 1 heterocycles. The Morgan fingerprint density at radius 1 is 1.19 bits per heavy atom. The summed E-state index contributed by atoms with van der Waals surface area (Å²) >= 11 is 0. The number of esters is 1. The fraction of sp³-hybridized carbons (Fsp3) is 0.882. The number of piperidine rings is 1. The summed E-state index contributed by atoms with van der Waals surface area (Å²) in [6.07, 6.45) is 6.94. The zero-order chi connectivity index (χ0) is 15.5. The van der Waals surface area contributed by atoms with Crippen molar-refractivity contribution in [1.82, 2.24) is 4.90 Å². The zero-order valence-electron chi connectivity index (χ0n) is 13.7. The number of likely N-dealkylation sites (tertiary alicyclic amines) is 1. The summed E-state index contributed by atoms with van der Waals surface area (Å²) < 4.78 is 4.82. The third kappa shape index (κ3) is 3.58. The lowest BCUT2D eigenvalue weighted by Gasteiger charge is -2.38.